The van der Waals surface area contributed by atoms with E-state index >= 15 is 0 Å². The van der Waals surface area contributed by atoms with Crippen LogP contribution in [0.1, 0.15) is 0 Å². The molecule has 7 aromatic rings. The summed E-state index contributed by atoms with van der Waals surface area (Å²) in [6.45, 7) is 0.424. The average molecular weight is 489 g/mol. The average Bonchev–Trinajstić information content (AvgIpc) is 3.63. The first kappa shape index (κ1) is 20.6. The van der Waals surface area contributed by atoms with Crippen LogP contribution in [-0.4, -0.2) is 34.5 Å². The largest absolute Gasteiger partial charge is 0.351 e. The van der Waals surface area contributed by atoms with Crippen molar-refractivity contribution in [2.45, 2.75) is 6.67 Å². The molecule has 0 atom stereocenters. The number of aromatic amines is 2. The number of para-hydroxylation sites is 1. The number of aromatic nitrogens is 7. The number of nitrogens with one attached hydrogen (secondary N) is 3. The first-order valence-corrected chi connectivity index (χ1v) is 12.0. The van der Waals surface area contributed by atoms with Crippen molar-refractivity contribution in [3.8, 4) is 16.9 Å². The lowest BCUT2D eigenvalue weighted by Gasteiger charge is -2.14. The van der Waals surface area contributed by atoms with E-state index in [0.29, 0.717) is 11.4 Å². The number of anilines is 1. The molecule has 0 aliphatic carbocycles. The standard InChI is InChI=1S/C27H20N8S/c36-27-31-26(30-16-34-24-11-4-3-10-22(24)32-33-34)25(20-9-5-7-17-6-1-2-8-19(17)20)35(27)18-12-13-21-23(14-18)29-15-28-21/h1-15,30H,16H2,(H,28,29)(H,31,36). The van der Waals surface area contributed by atoms with Crippen molar-refractivity contribution < 1.29 is 0 Å². The second-order valence-corrected chi connectivity index (χ2v) is 8.92. The van der Waals surface area contributed by atoms with E-state index in [4.69, 9.17) is 12.2 Å². The summed E-state index contributed by atoms with van der Waals surface area (Å²) in [4.78, 5) is 11.0. The fourth-order valence-electron chi connectivity index (χ4n) is 4.75. The van der Waals surface area contributed by atoms with Gasteiger partial charge in [-0.3, -0.25) is 4.57 Å². The number of fused-ring (bicyclic) bond motifs is 3. The fraction of sp³-hybridized carbons (Fsp3) is 0.0370. The van der Waals surface area contributed by atoms with Gasteiger partial charge in [0.15, 0.2) is 4.77 Å². The van der Waals surface area contributed by atoms with Gasteiger partial charge in [0.05, 0.1) is 34.3 Å². The molecule has 0 unspecified atom stereocenters. The molecular weight excluding hydrogens is 468 g/mol. The van der Waals surface area contributed by atoms with Gasteiger partial charge >= 0.3 is 0 Å². The molecule has 3 heterocycles. The Kier molecular flexibility index (Phi) is 4.68. The van der Waals surface area contributed by atoms with Crippen LogP contribution in [0.5, 0.6) is 0 Å². The highest BCUT2D eigenvalue weighted by Gasteiger charge is 2.19. The van der Waals surface area contributed by atoms with Crippen molar-refractivity contribution in [1.29, 1.82) is 0 Å². The van der Waals surface area contributed by atoms with Crippen LogP contribution in [0.25, 0.3) is 49.8 Å². The third-order valence-corrected chi connectivity index (χ3v) is 6.71. The van der Waals surface area contributed by atoms with E-state index < -0.39 is 0 Å². The molecule has 0 radical (unpaired) electrons. The zero-order valence-electron chi connectivity index (χ0n) is 19.0. The van der Waals surface area contributed by atoms with E-state index in [1.165, 1.54) is 0 Å². The van der Waals surface area contributed by atoms with Crippen molar-refractivity contribution in [2.75, 3.05) is 5.32 Å². The minimum Gasteiger partial charge on any atom is -0.351 e. The molecule has 7 rings (SSSR count). The number of imidazole rings is 2. The number of nitrogens with zero attached hydrogens (tertiary/aromatic N) is 5. The van der Waals surface area contributed by atoms with E-state index in [0.717, 1.165) is 55.6 Å². The summed E-state index contributed by atoms with van der Waals surface area (Å²) < 4.78 is 4.49. The van der Waals surface area contributed by atoms with Crippen molar-refractivity contribution in [3.05, 3.63) is 96.0 Å². The molecule has 174 valence electrons. The minimum atomic E-state index is 0.424. The smallest absolute Gasteiger partial charge is 0.183 e. The van der Waals surface area contributed by atoms with Crippen molar-refractivity contribution >= 4 is 50.9 Å². The molecule has 0 aliphatic heterocycles. The van der Waals surface area contributed by atoms with E-state index in [1.54, 1.807) is 6.33 Å². The van der Waals surface area contributed by atoms with Gasteiger partial charge in [-0.05, 0) is 53.3 Å². The van der Waals surface area contributed by atoms with Crippen LogP contribution in [0, 0.1) is 4.77 Å². The Morgan fingerprint density at radius 3 is 2.72 bits per heavy atom. The molecule has 0 saturated heterocycles. The Morgan fingerprint density at radius 1 is 0.889 bits per heavy atom. The lowest BCUT2D eigenvalue weighted by Crippen LogP contribution is -2.10. The lowest BCUT2D eigenvalue weighted by molar-refractivity contribution is 0.654. The maximum atomic E-state index is 5.87. The van der Waals surface area contributed by atoms with E-state index in [-0.39, 0.29) is 0 Å². The summed E-state index contributed by atoms with van der Waals surface area (Å²) in [5.41, 5.74) is 6.62. The number of benzene rings is 4. The Bertz CT molecular complexity index is 1940. The normalized spacial score (nSPS) is 11.6. The third-order valence-electron chi connectivity index (χ3n) is 6.43. The molecule has 0 spiro atoms. The highest BCUT2D eigenvalue weighted by molar-refractivity contribution is 7.71. The van der Waals surface area contributed by atoms with E-state index in [1.807, 2.05) is 41.1 Å². The zero-order chi connectivity index (χ0) is 24.1. The first-order valence-electron chi connectivity index (χ1n) is 11.5. The van der Waals surface area contributed by atoms with E-state index in [9.17, 15) is 0 Å². The summed E-state index contributed by atoms with van der Waals surface area (Å²) in [7, 11) is 0. The predicted octanol–water partition coefficient (Wildman–Crippen LogP) is 6.05. The number of hydrogen-bond acceptors (Lipinski definition) is 5. The topological polar surface area (TPSA) is 92.1 Å². The van der Waals surface area contributed by atoms with Gasteiger partial charge in [0, 0.05) is 5.56 Å². The molecule has 8 nitrogen and oxygen atoms in total. The van der Waals surface area contributed by atoms with Gasteiger partial charge < -0.3 is 15.3 Å². The molecule has 0 bridgehead atoms. The predicted molar refractivity (Wildman–Crippen MR) is 145 cm³/mol. The quantitative estimate of drug-likeness (QED) is 0.257. The van der Waals surface area contributed by atoms with E-state index in [2.05, 4.69) is 83.7 Å². The minimum absolute atomic E-state index is 0.424. The highest BCUT2D eigenvalue weighted by Crippen LogP contribution is 2.36. The second-order valence-electron chi connectivity index (χ2n) is 8.53. The number of H-pyrrole nitrogens is 2. The number of hydrogen-bond donors (Lipinski definition) is 3. The van der Waals surface area contributed by atoms with Gasteiger partial charge in [-0.15, -0.1) is 5.10 Å². The van der Waals surface area contributed by atoms with Gasteiger partial charge in [-0.1, -0.05) is 59.8 Å². The van der Waals surface area contributed by atoms with Crippen LogP contribution < -0.4 is 5.32 Å². The summed E-state index contributed by atoms with van der Waals surface area (Å²) in [6.07, 6.45) is 1.70. The maximum absolute atomic E-state index is 5.87. The van der Waals surface area contributed by atoms with Gasteiger partial charge in [0.2, 0.25) is 0 Å². The van der Waals surface area contributed by atoms with Crippen LogP contribution in [0.2, 0.25) is 0 Å². The van der Waals surface area contributed by atoms with Gasteiger partial charge in [0.1, 0.15) is 18.0 Å². The molecule has 3 aromatic heterocycles. The SMILES string of the molecule is S=c1[nH]c(NCn2nnc3ccccc32)c(-c2cccc3ccccc23)n1-c1ccc2nc[nH]c2c1. The molecule has 0 aliphatic rings. The Morgan fingerprint density at radius 2 is 1.75 bits per heavy atom. The van der Waals surface area contributed by atoms with Gasteiger partial charge in [0.25, 0.3) is 0 Å². The van der Waals surface area contributed by atoms with Crippen LogP contribution in [0.4, 0.5) is 5.82 Å². The van der Waals surface area contributed by atoms with Crippen LogP contribution in [0.15, 0.2) is 91.3 Å². The summed E-state index contributed by atoms with van der Waals surface area (Å²) in [5, 5.41) is 14.4. The number of rotatable bonds is 5. The fourth-order valence-corrected chi connectivity index (χ4v) is 5.05. The first-order chi connectivity index (χ1) is 17.8. The second kappa shape index (κ2) is 8.17. The molecule has 3 N–H and O–H groups in total. The van der Waals surface area contributed by atoms with Gasteiger partial charge in [-0.2, -0.15) is 0 Å². The van der Waals surface area contributed by atoms with Crippen LogP contribution in [-0.2, 0) is 6.67 Å². The Balaban J connectivity index is 1.42. The maximum Gasteiger partial charge on any atom is 0.183 e. The molecular formula is C27H20N8S. The molecule has 36 heavy (non-hydrogen) atoms. The lowest BCUT2D eigenvalue weighted by atomic mass is 10.0. The van der Waals surface area contributed by atoms with Gasteiger partial charge in [-0.25, -0.2) is 9.67 Å². The Labute approximate surface area is 210 Å². The van der Waals surface area contributed by atoms with Crippen molar-refractivity contribution in [3.63, 3.8) is 0 Å². The molecule has 9 heteroatoms. The van der Waals surface area contributed by atoms with Crippen LogP contribution >= 0.6 is 12.2 Å². The van der Waals surface area contributed by atoms with Crippen molar-refractivity contribution in [2.24, 2.45) is 0 Å². The molecule has 0 amide bonds. The zero-order valence-corrected chi connectivity index (χ0v) is 19.8. The van der Waals surface area contributed by atoms with Crippen molar-refractivity contribution in [1.82, 2.24) is 34.5 Å². The molecule has 0 saturated carbocycles. The monoisotopic (exact) mass is 488 g/mol. The van der Waals surface area contributed by atoms with Crippen LogP contribution in [0.3, 0.4) is 0 Å². The summed E-state index contributed by atoms with van der Waals surface area (Å²) >= 11 is 5.87. The highest BCUT2D eigenvalue weighted by atomic mass is 32.1. The Hall–Kier alpha value is -4.76. The third kappa shape index (κ3) is 3.29. The summed E-state index contributed by atoms with van der Waals surface area (Å²) in [5.74, 6) is 0.806. The summed E-state index contributed by atoms with van der Waals surface area (Å²) in [6, 6.07) is 28.7. The molecule has 4 aromatic carbocycles. The molecule has 0 fully saturated rings.